The smallest absolute Gasteiger partial charge is 0.246 e. The fourth-order valence-corrected chi connectivity index (χ4v) is 4.98. The van der Waals surface area contributed by atoms with E-state index in [4.69, 9.17) is 0 Å². The second kappa shape index (κ2) is 7.23. The maximum atomic E-state index is 13.7. The summed E-state index contributed by atoms with van der Waals surface area (Å²) in [6, 6.07) is 6.77. The summed E-state index contributed by atoms with van der Waals surface area (Å²) in [5.74, 6) is -0.186. The molecule has 2 aromatic rings. The first-order valence-corrected chi connectivity index (χ1v) is 9.81. The molecule has 1 N–H and O–H groups in total. The number of rotatable bonds is 5. The number of H-pyrrole nitrogens is 1. The molecule has 0 spiro atoms. The van der Waals surface area contributed by atoms with Crippen LogP contribution in [0.1, 0.15) is 17.0 Å². The van der Waals surface area contributed by atoms with E-state index in [2.05, 4.69) is 15.1 Å². The predicted octanol–water partition coefficient (Wildman–Crippen LogP) is 1.71. The first-order chi connectivity index (χ1) is 11.9. The van der Waals surface area contributed by atoms with Crippen molar-refractivity contribution in [2.24, 2.45) is 0 Å². The predicted molar refractivity (Wildman–Crippen MR) is 93.4 cm³/mol. The third-order valence-electron chi connectivity index (χ3n) is 4.64. The maximum absolute atomic E-state index is 13.7. The van der Waals surface area contributed by atoms with Crippen molar-refractivity contribution in [3.05, 3.63) is 47.0 Å². The van der Waals surface area contributed by atoms with Gasteiger partial charge in [-0.2, -0.15) is 9.40 Å². The third-order valence-corrected chi connectivity index (χ3v) is 6.81. The van der Waals surface area contributed by atoms with E-state index in [1.165, 1.54) is 10.4 Å². The molecule has 1 aliphatic rings. The number of piperazine rings is 1. The monoisotopic (exact) mass is 366 g/mol. The first-order valence-electron chi connectivity index (χ1n) is 8.37. The van der Waals surface area contributed by atoms with Crippen LogP contribution in [0.3, 0.4) is 0 Å². The van der Waals surface area contributed by atoms with Crippen molar-refractivity contribution >= 4 is 10.0 Å². The highest BCUT2D eigenvalue weighted by molar-refractivity contribution is 7.89. The number of benzene rings is 1. The molecule has 1 aliphatic heterocycles. The number of sulfonamides is 1. The highest BCUT2D eigenvalue weighted by Gasteiger charge is 2.32. The standard InChI is InChI=1S/C17H23FN4O2S/c1-13-17(14(2)20-19-13)25(23,24)22-11-9-21(10-12-22)8-7-15-5-3-4-6-16(15)18/h3-6H,7-12H2,1-2H3,(H,19,20). The number of nitrogens with one attached hydrogen (secondary N) is 1. The minimum Gasteiger partial charge on any atom is -0.300 e. The zero-order valence-corrected chi connectivity index (χ0v) is 15.3. The Kier molecular flexibility index (Phi) is 5.21. The van der Waals surface area contributed by atoms with Gasteiger partial charge in [0.1, 0.15) is 10.7 Å². The van der Waals surface area contributed by atoms with Gasteiger partial charge < -0.3 is 4.90 Å². The molecule has 2 heterocycles. The van der Waals surface area contributed by atoms with Crippen molar-refractivity contribution in [1.29, 1.82) is 0 Å². The van der Waals surface area contributed by atoms with Gasteiger partial charge in [-0.05, 0) is 31.9 Å². The molecule has 6 nitrogen and oxygen atoms in total. The highest BCUT2D eigenvalue weighted by Crippen LogP contribution is 2.22. The Labute approximate surface area is 147 Å². The topological polar surface area (TPSA) is 69.3 Å². The van der Waals surface area contributed by atoms with Crippen molar-refractivity contribution in [3.63, 3.8) is 0 Å². The summed E-state index contributed by atoms with van der Waals surface area (Å²) in [6.07, 6.45) is 0.624. The molecule has 1 aromatic carbocycles. The molecular weight excluding hydrogens is 343 g/mol. The van der Waals surface area contributed by atoms with Crippen molar-refractivity contribution in [3.8, 4) is 0 Å². The molecule has 0 saturated carbocycles. The van der Waals surface area contributed by atoms with Crippen LogP contribution in [0, 0.1) is 19.7 Å². The molecule has 0 atom stereocenters. The van der Waals surface area contributed by atoms with Crippen molar-refractivity contribution in [2.75, 3.05) is 32.7 Å². The van der Waals surface area contributed by atoms with Crippen LogP contribution < -0.4 is 0 Å². The van der Waals surface area contributed by atoms with Gasteiger partial charge in [-0.15, -0.1) is 0 Å². The van der Waals surface area contributed by atoms with Crippen LogP contribution >= 0.6 is 0 Å². The number of hydrogen-bond acceptors (Lipinski definition) is 4. The fourth-order valence-electron chi connectivity index (χ4n) is 3.22. The van der Waals surface area contributed by atoms with Gasteiger partial charge in [0.25, 0.3) is 0 Å². The zero-order chi connectivity index (χ0) is 18.0. The summed E-state index contributed by atoms with van der Waals surface area (Å²) in [5, 5.41) is 6.72. The molecule has 0 amide bonds. The van der Waals surface area contributed by atoms with Crippen LogP contribution in [0.25, 0.3) is 0 Å². The van der Waals surface area contributed by atoms with E-state index >= 15 is 0 Å². The lowest BCUT2D eigenvalue weighted by Gasteiger charge is -2.34. The Bertz CT molecular complexity index is 823. The van der Waals surface area contributed by atoms with Crippen LogP contribution in [0.4, 0.5) is 4.39 Å². The number of aryl methyl sites for hydroxylation is 2. The lowest BCUT2D eigenvalue weighted by molar-refractivity contribution is 0.189. The summed E-state index contributed by atoms with van der Waals surface area (Å²) in [5.41, 5.74) is 1.76. The van der Waals surface area contributed by atoms with Gasteiger partial charge in [-0.1, -0.05) is 18.2 Å². The Morgan fingerprint density at radius 2 is 1.84 bits per heavy atom. The van der Waals surface area contributed by atoms with Crippen LogP contribution in [0.2, 0.25) is 0 Å². The van der Waals surface area contributed by atoms with E-state index in [9.17, 15) is 12.8 Å². The molecule has 3 rings (SSSR count). The van der Waals surface area contributed by atoms with Crippen LogP contribution in [-0.2, 0) is 16.4 Å². The average Bonchev–Trinajstić information content (AvgIpc) is 2.94. The largest absolute Gasteiger partial charge is 0.300 e. The van der Waals surface area contributed by atoms with E-state index in [0.717, 1.165) is 6.54 Å². The zero-order valence-electron chi connectivity index (χ0n) is 14.5. The SMILES string of the molecule is Cc1n[nH]c(C)c1S(=O)(=O)N1CCN(CCc2ccccc2F)CC1. The lowest BCUT2D eigenvalue weighted by Crippen LogP contribution is -2.49. The van der Waals surface area contributed by atoms with Gasteiger partial charge in [0, 0.05) is 32.7 Å². The second-order valence-electron chi connectivity index (χ2n) is 6.35. The summed E-state index contributed by atoms with van der Waals surface area (Å²) in [6.45, 7) is 6.29. The third kappa shape index (κ3) is 3.75. The van der Waals surface area contributed by atoms with Gasteiger partial charge in [0.2, 0.25) is 10.0 Å². The molecule has 0 aliphatic carbocycles. The maximum Gasteiger partial charge on any atom is 0.246 e. The number of halogens is 1. The van der Waals surface area contributed by atoms with Crippen molar-refractivity contribution in [2.45, 2.75) is 25.2 Å². The van der Waals surface area contributed by atoms with Crippen molar-refractivity contribution < 1.29 is 12.8 Å². The molecule has 0 radical (unpaired) electrons. The second-order valence-corrected chi connectivity index (χ2v) is 8.23. The molecule has 25 heavy (non-hydrogen) atoms. The average molecular weight is 366 g/mol. The highest BCUT2D eigenvalue weighted by atomic mass is 32.2. The van der Waals surface area contributed by atoms with Crippen LogP contribution in [0.15, 0.2) is 29.2 Å². The molecule has 1 saturated heterocycles. The van der Waals surface area contributed by atoms with Crippen molar-refractivity contribution in [1.82, 2.24) is 19.4 Å². The minimum atomic E-state index is -3.52. The van der Waals surface area contributed by atoms with Gasteiger partial charge in [-0.3, -0.25) is 5.10 Å². The molecule has 0 unspecified atom stereocenters. The van der Waals surface area contributed by atoms with E-state index in [1.54, 1.807) is 26.0 Å². The lowest BCUT2D eigenvalue weighted by atomic mass is 10.1. The van der Waals surface area contributed by atoms with E-state index in [-0.39, 0.29) is 10.7 Å². The van der Waals surface area contributed by atoms with Gasteiger partial charge in [0.05, 0.1) is 11.4 Å². The van der Waals surface area contributed by atoms with Gasteiger partial charge >= 0.3 is 0 Å². The Balaban J connectivity index is 1.59. The molecular formula is C17H23FN4O2S. The number of nitrogens with zero attached hydrogens (tertiary/aromatic N) is 3. The van der Waals surface area contributed by atoms with E-state index in [0.29, 0.717) is 49.6 Å². The number of aromatic amines is 1. The summed E-state index contributed by atoms with van der Waals surface area (Å²) in [4.78, 5) is 2.46. The van der Waals surface area contributed by atoms with Crippen LogP contribution in [-0.4, -0.2) is 60.5 Å². The number of hydrogen-bond donors (Lipinski definition) is 1. The Hall–Kier alpha value is -1.77. The normalized spacial score (nSPS) is 17.1. The fraction of sp³-hybridized carbons (Fsp3) is 0.471. The van der Waals surface area contributed by atoms with Gasteiger partial charge in [0.15, 0.2) is 0 Å². The van der Waals surface area contributed by atoms with Crippen LogP contribution in [0.5, 0.6) is 0 Å². The summed E-state index contributed by atoms with van der Waals surface area (Å²) < 4.78 is 40.8. The Morgan fingerprint density at radius 3 is 2.44 bits per heavy atom. The molecule has 1 fully saturated rings. The summed E-state index contributed by atoms with van der Waals surface area (Å²) in [7, 11) is -3.52. The molecule has 8 heteroatoms. The van der Waals surface area contributed by atoms with E-state index < -0.39 is 10.0 Å². The number of aromatic nitrogens is 2. The molecule has 0 bridgehead atoms. The quantitative estimate of drug-likeness (QED) is 0.875. The van der Waals surface area contributed by atoms with Gasteiger partial charge in [-0.25, -0.2) is 12.8 Å². The molecule has 1 aromatic heterocycles. The first kappa shape index (κ1) is 18.0. The van der Waals surface area contributed by atoms with E-state index in [1.807, 2.05) is 6.07 Å². The Morgan fingerprint density at radius 1 is 1.16 bits per heavy atom. The minimum absolute atomic E-state index is 0.186. The molecule has 136 valence electrons. The summed E-state index contributed by atoms with van der Waals surface area (Å²) >= 11 is 0.